The molecule has 0 aliphatic heterocycles. The quantitative estimate of drug-likeness (QED) is 0.740. The van der Waals surface area contributed by atoms with E-state index in [1.165, 1.54) is 25.7 Å². The van der Waals surface area contributed by atoms with Crippen molar-refractivity contribution in [1.82, 2.24) is 5.32 Å². The molecule has 0 unspecified atom stereocenters. The summed E-state index contributed by atoms with van der Waals surface area (Å²) in [5.74, 6) is 0.968. The molecule has 1 aliphatic carbocycles. The average Bonchev–Trinajstić information content (AvgIpc) is 1.90. The van der Waals surface area contributed by atoms with E-state index in [0.29, 0.717) is 11.5 Å². The van der Waals surface area contributed by atoms with E-state index in [0.717, 1.165) is 5.92 Å². The van der Waals surface area contributed by atoms with Crippen LogP contribution in [0.3, 0.4) is 0 Å². The van der Waals surface area contributed by atoms with Gasteiger partial charge in [-0.1, -0.05) is 20.8 Å². The third-order valence-corrected chi connectivity index (χ3v) is 2.95. The van der Waals surface area contributed by atoms with Crippen molar-refractivity contribution < 1.29 is 4.79 Å². The van der Waals surface area contributed by atoms with Crippen molar-refractivity contribution in [3.63, 3.8) is 0 Å². The lowest BCUT2D eigenvalue weighted by Gasteiger charge is -2.37. The first kappa shape index (κ1) is 11.5. The molecule has 1 saturated carbocycles. The van der Waals surface area contributed by atoms with E-state index >= 15 is 0 Å². The molecular weight excluding hydrogens is 174 g/mol. The minimum atomic E-state index is 0.115. The lowest BCUT2D eigenvalue weighted by Crippen LogP contribution is -2.43. The van der Waals surface area contributed by atoms with Crippen molar-refractivity contribution in [1.29, 1.82) is 0 Å². The first-order chi connectivity index (χ1) is 6.37. The van der Waals surface area contributed by atoms with E-state index in [1.54, 1.807) is 6.92 Å². The summed E-state index contributed by atoms with van der Waals surface area (Å²) in [4.78, 5) is 10.8. The molecule has 0 saturated heterocycles. The monoisotopic (exact) mass is 197 g/mol. The zero-order chi connectivity index (χ0) is 10.8. The highest BCUT2D eigenvalue weighted by Crippen LogP contribution is 2.34. The second kappa shape index (κ2) is 4.33. The van der Waals surface area contributed by atoms with Crippen molar-refractivity contribution in [2.24, 2.45) is 11.3 Å². The third kappa shape index (κ3) is 4.12. The fourth-order valence-corrected chi connectivity index (χ4v) is 2.01. The van der Waals surface area contributed by atoms with Crippen molar-refractivity contribution in [2.45, 2.75) is 59.4 Å². The van der Waals surface area contributed by atoms with Crippen LogP contribution in [0.2, 0.25) is 0 Å². The van der Waals surface area contributed by atoms with Crippen LogP contribution in [0.1, 0.15) is 53.4 Å². The van der Waals surface area contributed by atoms with Crippen LogP contribution < -0.4 is 5.32 Å². The molecule has 0 aromatic carbocycles. The molecule has 0 atom stereocenters. The second-order valence-electron chi connectivity index (χ2n) is 5.83. The van der Waals surface area contributed by atoms with Gasteiger partial charge in [0, 0.05) is 13.0 Å². The van der Waals surface area contributed by atoms with Gasteiger partial charge in [-0.3, -0.25) is 4.79 Å². The standard InChI is InChI=1S/C12H23NO/c1-9(14)13-11-7-10(8-11)5-6-12(2,3)4/h10-11H,5-8H2,1-4H3,(H,13,14)/t10-,11+. The van der Waals surface area contributed by atoms with E-state index in [2.05, 4.69) is 26.1 Å². The van der Waals surface area contributed by atoms with Crippen molar-refractivity contribution in [3.05, 3.63) is 0 Å². The van der Waals surface area contributed by atoms with Crippen molar-refractivity contribution in [2.75, 3.05) is 0 Å². The van der Waals surface area contributed by atoms with Gasteiger partial charge in [-0.15, -0.1) is 0 Å². The molecular formula is C12H23NO. The number of hydrogen-bond donors (Lipinski definition) is 1. The minimum Gasteiger partial charge on any atom is -0.354 e. The number of nitrogens with one attached hydrogen (secondary N) is 1. The van der Waals surface area contributed by atoms with Crippen LogP contribution in [0.25, 0.3) is 0 Å². The summed E-state index contributed by atoms with van der Waals surface area (Å²) in [5, 5.41) is 2.97. The van der Waals surface area contributed by atoms with Crippen LogP contribution in [0.5, 0.6) is 0 Å². The fourth-order valence-electron chi connectivity index (χ4n) is 2.01. The number of rotatable bonds is 3. The Kier molecular flexibility index (Phi) is 3.57. The molecule has 14 heavy (non-hydrogen) atoms. The molecule has 82 valence electrons. The molecule has 1 amide bonds. The van der Waals surface area contributed by atoms with Crippen LogP contribution in [0.15, 0.2) is 0 Å². The molecule has 2 nitrogen and oxygen atoms in total. The Morgan fingerprint density at radius 1 is 1.36 bits per heavy atom. The van der Waals surface area contributed by atoms with Crippen LogP contribution in [-0.2, 0) is 4.79 Å². The van der Waals surface area contributed by atoms with Crippen molar-refractivity contribution in [3.8, 4) is 0 Å². The Morgan fingerprint density at radius 2 is 1.93 bits per heavy atom. The molecule has 1 fully saturated rings. The van der Waals surface area contributed by atoms with Crippen LogP contribution >= 0.6 is 0 Å². The van der Waals surface area contributed by atoms with Gasteiger partial charge in [-0.25, -0.2) is 0 Å². The van der Waals surface area contributed by atoms with Gasteiger partial charge in [0.1, 0.15) is 0 Å². The minimum absolute atomic E-state index is 0.115. The van der Waals surface area contributed by atoms with Gasteiger partial charge >= 0.3 is 0 Å². The zero-order valence-electron chi connectivity index (χ0n) is 9.89. The second-order valence-corrected chi connectivity index (χ2v) is 5.83. The first-order valence-corrected chi connectivity index (χ1v) is 5.64. The molecule has 0 bridgehead atoms. The van der Waals surface area contributed by atoms with Gasteiger partial charge in [0.25, 0.3) is 0 Å². The summed E-state index contributed by atoms with van der Waals surface area (Å²) < 4.78 is 0. The Bertz CT molecular complexity index is 199. The molecule has 2 heteroatoms. The summed E-state index contributed by atoms with van der Waals surface area (Å²) in [6.45, 7) is 8.47. The smallest absolute Gasteiger partial charge is 0.217 e. The van der Waals surface area contributed by atoms with E-state index in [9.17, 15) is 4.79 Å². The summed E-state index contributed by atoms with van der Waals surface area (Å²) in [7, 11) is 0. The molecule has 1 aliphatic rings. The molecule has 0 spiro atoms. The van der Waals surface area contributed by atoms with E-state index in [-0.39, 0.29) is 5.91 Å². The summed E-state index contributed by atoms with van der Waals surface area (Å²) in [6.07, 6.45) is 5.00. The number of carbonyl (C=O) groups is 1. The average molecular weight is 197 g/mol. The van der Waals surface area contributed by atoms with E-state index < -0.39 is 0 Å². The fraction of sp³-hybridized carbons (Fsp3) is 0.917. The summed E-state index contributed by atoms with van der Waals surface area (Å²) in [6, 6.07) is 0.470. The Hall–Kier alpha value is -0.530. The zero-order valence-corrected chi connectivity index (χ0v) is 9.89. The molecule has 1 rings (SSSR count). The van der Waals surface area contributed by atoms with Crippen LogP contribution in [0, 0.1) is 11.3 Å². The summed E-state index contributed by atoms with van der Waals surface area (Å²) in [5.41, 5.74) is 0.457. The van der Waals surface area contributed by atoms with E-state index in [1.807, 2.05) is 0 Å². The maximum atomic E-state index is 10.8. The molecule has 0 radical (unpaired) electrons. The molecule has 0 aromatic heterocycles. The predicted octanol–water partition coefficient (Wildman–Crippen LogP) is 2.73. The van der Waals surface area contributed by atoms with Crippen LogP contribution in [-0.4, -0.2) is 11.9 Å². The number of hydrogen-bond acceptors (Lipinski definition) is 1. The maximum absolute atomic E-state index is 10.8. The highest BCUT2D eigenvalue weighted by Gasteiger charge is 2.29. The van der Waals surface area contributed by atoms with Gasteiger partial charge in [0.05, 0.1) is 0 Å². The largest absolute Gasteiger partial charge is 0.354 e. The van der Waals surface area contributed by atoms with Gasteiger partial charge in [0.2, 0.25) is 5.91 Å². The van der Waals surface area contributed by atoms with Gasteiger partial charge in [-0.05, 0) is 37.0 Å². The topological polar surface area (TPSA) is 29.1 Å². The molecule has 1 N–H and O–H groups in total. The SMILES string of the molecule is CC(=O)N[C@H]1C[C@@H](CCC(C)(C)C)C1. The number of carbonyl (C=O) groups excluding carboxylic acids is 1. The lowest BCUT2D eigenvalue weighted by atomic mass is 9.74. The van der Waals surface area contributed by atoms with E-state index in [4.69, 9.17) is 0 Å². The summed E-state index contributed by atoms with van der Waals surface area (Å²) >= 11 is 0. The Balaban J connectivity index is 2.07. The lowest BCUT2D eigenvalue weighted by molar-refractivity contribution is -0.120. The normalized spacial score (nSPS) is 26.9. The van der Waals surface area contributed by atoms with Gasteiger partial charge in [0.15, 0.2) is 0 Å². The highest BCUT2D eigenvalue weighted by atomic mass is 16.1. The van der Waals surface area contributed by atoms with Gasteiger partial charge in [-0.2, -0.15) is 0 Å². The maximum Gasteiger partial charge on any atom is 0.217 e. The molecule has 0 heterocycles. The molecule has 0 aromatic rings. The first-order valence-electron chi connectivity index (χ1n) is 5.64. The van der Waals surface area contributed by atoms with Gasteiger partial charge < -0.3 is 5.32 Å². The number of amides is 1. The third-order valence-electron chi connectivity index (χ3n) is 2.95. The Labute approximate surface area is 87.5 Å². The Morgan fingerprint density at radius 3 is 2.36 bits per heavy atom. The highest BCUT2D eigenvalue weighted by molar-refractivity contribution is 5.73. The van der Waals surface area contributed by atoms with Crippen molar-refractivity contribution >= 4 is 5.91 Å². The van der Waals surface area contributed by atoms with Crippen LogP contribution in [0.4, 0.5) is 0 Å². The predicted molar refractivity (Wildman–Crippen MR) is 59.0 cm³/mol.